The van der Waals surface area contributed by atoms with Crippen molar-refractivity contribution in [3.05, 3.63) is 94.5 Å². The van der Waals surface area contributed by atoms with Gasteiger partial charge in [-0.3, -0.25) is 9.36 Å². The van der Waals surface area contributed by atoms with Crippen molar-refractivity contribution in [2.75, 3.05) is 10.6 Å². The summed E-state index contributed by atoms with van der Waals surface area (Å²) in [6.07, 6.45) is 0. The van der Waals surface area contributed by atoms with Gasteiger partial charge < -0.3 is 20.4 Å². The third-order valence-corrected chi connectivity index (χ3v) is 4.83. The van der Waals surface area contributed by atoms with E-state index in [9.17, 15) is 14.4 Å². The average Bonchev–Trinajstić information content (AvgIpc) is 3.07. The van der Waals surface area contributed by atoms with Crippen LogP contribution in [0.5, 0.6) is 0 Å². The fourth-order valence-electron chi connectivity index (χ4n) is 3.34. The molecule has 0 bridgehead atoms. The summed E-state index contributed by atoms with van der Waals surface area (Å²) in [5, 5.41) is 8.35. The van der Waals surface area contributed by atoms with Crippen molar-refractivity contribution in [1.82, 2.24) is 9.88 Å². The standard InChI is InChI=1S/C24H22N4O4/c1-16-6-4-8-18(12-16)26-23(30)27-19-9-5-7-17(13-19)14-25-22(29)15-28-20-10-2-3-11-21(20)32-24(28)31/h2-13H,14-15H2,1H3,(H,25,29)(H2,26,27,30). The average molecular weight is 430 g/mol. The highest BCUT2D eigenvalue weighted by Gasteiger charge is 2.12. The number of benzene rings is 3. The summed E-state index contributed by atoms with van der Waals surface area (Å²) >= 11 is 0. The molecule has 0 aliphatic carbocycles. The van der Waals surface area contributed by atoms with Gasteiger partial charge in [0.25, 0.3) is 0 Å². The first-order valence-corrected chi connectivity index (χ1v) is 10.1. The lowest BCUT2D eigenvalue weighted by molar-refractivity contribution is -0.121. The van der Waals surface area contributed by atoms with Crippen LogP contribution >= 0.6 is 0 Å². The maximum Gasteiger partial charge on any atom is 0.420 e. The lowest BCUT2D eigenvalue weighted by atomic mass is 10.2. The van der Waals surface area contributed by atoms with Crippen molar-refractivity contribution in [3.8, 4) is 0 Å². The quantitative estimate of drug-likeness (QED) is 0.432. The number of urea groups is 1. The molecule has 162 valence electrons. The smallest absolute Gasteiger partial charge is 0.408 e. The first kappa shape index (κ1) is 20.9. The van der Waals surface area contributed by atoms with Crippen molar-refractivity contribution in [3.63, 3.8) is 0 Å². The lowest BCUT2D eigenvalue weighted by Gasteiger charge is -2.10. The minimum atomic E-state index is -0.577. The number of para-hydroxylation sites is 2. The van der Waals surface area contributed by atoms with Gasteiger partial charge in [-0.1, -0.05) is 36.4 Å². The van der Waals surface area contributed by atoms with Gasteiger partial charge in [0.15, 0.2) is 5.58 Å². The fraction of sp³-hybridized carbons (Fsp3) is 0.125. The number of carbonyl (C=O) groups is 2. The highest BCUT2D eigenvalue weighted by Crippen LogP contribution is 2.14. The molecule has 0 aliphatic heterocycles. The number of rotatable bonds is 6. The van der Waals surface area contributed by atoms with Crippen LogP contribution in [0.25, 0.3) is 11.1 Å². The molecule has 0 saturated carbocycles. The molecule has 1 heterocycles. The van der Waals surface area contributed by atoms with Crippen LogP contribution in [-0.4, -0.2) is 16.5 Å². The molecule has 0 radical (unpaired) electrons. The SMILES string of the molecule is Cc1cccc(NC(=O)Nc2cccc(CNC(=O)Cn3c(=O)oc4ccccc43)c2)c1. The van der Waals surface area contributed by atoms with E-state index < -0.39 is 5.76 Å². The fourth-order valence-corrected chi connectivity index (χ4v) is 3.34. The van der Waals surface area contributed by atoms with E-state index in [1.165, 1.54) is 4.57 Å². The summed E-state index contributed by atoms with van der Waals surface area (Å²) in [7, 11) is 0. The summed E-state index contributed by atoms with van der Waals surface area (Å²) in [6.45, 7) is 2.05. The Morgan fingerprint density at radius 3 is 2.41 bits per heavy atom. The minimum absolute atomic E-state index is 0.146. The van der Waals surface area contributed by atoms with Gasteiger partial charge in [-0.15, -0.1) is 0 Å². The molecule has 4 rings (SSSR count). The molecule has 0 saturated heterocycles. The number of hydrogen-bond acceptors (Lipinski definition) is 4. The van der Waals surface area contributed by atoms with Crippen LogP contribution in [-0.2, 0) is 17.9 Å². The zero-order valence-corrected chi connectivity index (χ0v) is 17.4. The number of aryl methyl sites for hydroxylation is 1. The highest BCUT2D eigenvalue weighted by atomic mass is 16.4. The van der Waals surface area contributed by atoms with E-state index in [-0.39, 0.29) is 25.0 Å². The molecule has 0 unspecified atom stereocenters. The molecule has 3 aromatic carbocycles. The summed E-state index contributed by atoms with van der Waals surface area (Å²) < 4.78 is 6.44. The maximum atomic E-state index is 12.4. The van der Waals surface area contributed by atoms with Gasteiger partial charge in [0, 0.05) is 17.9 Å². The van der Waals surface area contributed by atoms with Gasteiger partial charge in [0.2, 0.25) is 5.91 Å². The molecular formula is C24H22N4O4. The van der Waals surface area contributed by atoms with Gasteiger partial charge >= 0.3 is 11.8 Å². The molecule has 3 amide bonds. The number of amides is 3. The zero-order valence-electron chi connectivity index (χ0n) is 17.4. The van der Waals surface area contributed by atoms with Crippen LogP contribution in [0.15, 0.2) is 82.0 Å². The van der Waals surface area contributed by atoms with Gasteiger partial charge in [-0.25, -0.2) is 9.59 Å². The van der Waals surface area contributed by atoms with Crippen LogP contribution in [0.3, 0.4) is 0 Å². The van der Waals surface area contributed by atoms with E-state index >= 15 is 0 Å². The van der Waals surface area contributed by atoms with Crippen LogP contribution in [0, 0.1) is 6.92 Å². The predicted octanol–water partition coefficient (Wildman–Crippen LogP) is 3.86. The van der Waals surface area contributed by atoms with Gasteiger partial charge in [0.1, 0.15) is 6.54 Å². The van der Waals surface area contributed by atoms with Gasteiger partial charge in [-0.2, -0.15) is 0 Å². The van der Waals surface area contributed by atoms with E-state index in [4.69, 9.17) is 4.42 Å². The minimum Gasteiger partial charge on any atom is -0.408 e. The summed E-state index contributed by atoms with van der Waals surface area (Å²) in [6, 6.07) is 21.3. The Morgan fingerprint density at radius 1 is 0.906 bits per heavy atom. The molecule has 0 atom stereocenters. The second-order valence-electron chi connectivity index (χ2n) is 7.35. The molecular weight excluding hydrogens is 408 g/mol. The number of nitrogens with one attached hydrogen (secondary N) is 3. The number of aromatic nitrogens is 1. The Balaban J connectivity index is 1.34. The van der Waals surface area contributed by atoms with Gasteiger partial charge in [-0.05, 0) is 54.4 Å². The van der Waals surface area contributed by atoms with Crippen LogP contribution in [0.4, 0.5) is 16.2 Å². The van der Waals surface area contributed by atoms with E-state index in [0.717, 1.165) is 11.1 Å². The molecule has 0 spiro atoms. The maximum absolute atomic E-state index is 12.4. The first-order valence-electron chi connectivity index (χ1n) is 10.1. The summed E-state index contributed by atoms with van der Waals surface area (Å²) in [4.78, 5) is 36.7. The molecule has 3 N–H and O–H groups in total. The van der Waals surface area contributed by atoms with E-state index in [2.05, 4.69) is 16.0 Å². The molecule has 0 fully saturated rings. The third-order valence-electron chi connectivity index (χ3n) is 4.83. The monoisotopic (exact) mass is 430 g/mol. The molecule has 8 heteroatoms. The van der Waals surface area contributed by atoms with Gasteiger partial charge in [0.05, 0.1) is 5.52 Å². The Hall–Kier alpha value is -4.33. The van der Waals surface area contributed by atoms with Crippen molar-refractivity contribution in [1.29, 1.82) is 0 Å². The number of fused-ring (bicyclic) bond motifs is 1. The molecule has 1 aromatic heterocycles. The normalized spacial score (nSPS) is 10.7. The largest absolute Gasteiger partial charge is 0.420 e. The van der Waals surface area contributed by atoms with E-state index in [1.807, 2.05) is 37.3 Å². The summed E-state index contributed by atoms with van der Waals surface area (Å²) in [5.74, 6) is -0.902. The number of oxazole rings is 1. The zero-order chi connectivity index (χ0) is 22.5. The highest BCUT2D eigenvalue weighted by molar-refractivity contribution is 5.99. The van der Waals surface area contributed by atoms with Crippen LogP contribution in [0.2, 0.25) is 0 Å². The topological polar surface area (TPSA) is 105 Å². The molecule has 8 nitrogen and oxygen atoms in total. The second-order valence-corrected chi connectivity index (χ2v) is 7.35. The number of hydrogen-bond donors (Lipinski definition) is 3. The Bertz CT molecular complexity index is 1340. The predicted molar refractivity (Wildman–Crippen MR) is 123 cm³/mol. The van der Waals surface area contributed by atoms with Crippen LogP contribution < -0.4 is 21.7 Å². The lowest BCUT2D eigenvalue weighted by Crippen LogP contribution is -2.30. The second kappa shape index (κ2) is 9.22. The Labute approximate surface area is 183 Å². The molecule has 32 heavy (non-hydrogen) atoms. The Kier molecular flexibility index (Phi) is 6.03. The van der Waals surface area contributed by atoms with Crippen molar-refractivity contribution < 1.29 is 14.0 Å². The molecule has 4 aromatic rings. The van der Waals surface area contributed by atoms with E-state index in [1.54, 1.807) is 42.5 Å². The summed E-state index contributed by atoms with van der Waals surface area (Å²) in [5.41, 5.74) is 4.15. The number of nitrogens with zero attached hydrogens (tertiary/aromatic N) is 1. The van der Waals surface area contributed by atoms with Crippen molar-refractivity contribution in [2.45, 2.75) is 20.0 Å². The number of carbonyl (C=O) groups excluding carboxylic acids is 2. The third kappa shape index (κ3) is 5.04. The number of anilines is 2. The van der Waals surface area contributed by atoms with Crippen molar-refractivity contribution >= 4 is 34.4 Å². The Morgan fingerprint density at radius 2 is 1.62 bits per heavy atom. The molecule has 0 aliphatic rings. The van der Waals surface area contributed by atoms with Crippen LogP contribution in [0.1, 0.15) is 11.1 Å². The van der Waals surface area contributed by atoms with Crippen molar-refractivity contribution in [2.24, 2.45) is 0 Å². The first-order chi connectivity index (χ1) is 15.5. The van der Waals surface area contributed by atoms with E-state index in [0.29, 0.717) is 22.5 Å².